The Balaban J connectivity index is 2.54. The second-order valence-corrected chi connectivity index (χ2v) is 3.25. The summed E-state index contributed by atoms with van der Waals surface area (Å²) in [6, 6.07) is 5.28. The zero-order valence-electron chi connectivity index (χ0n) is 8.75. The van der Waals surface area contributed by atoms with Crippen molar-refractivity contribution in [1.29, 1.82) is 0 Å². The van der Waals surface area contributed by atoms with Crippen molar-refractivity contribution in [2.45, 2.75) is 12.8 Å². The van der Waals surface area contributed by atoms with E-state index in [1.807, 2.05) is 0 Å². The molecule has 0 radical (unpaired) electrons. The number of carbonyl (C=O) groups excluding carboxylic acids is 1. The predicted octanol–water partition coefficient (Wildman–Crippen LogP) is 1.40. The number of hydrogen-bond acceptors (Lipinski definition) is 4. The summed E-state index contributed by atoms with van der Waals surface area (Å²) in [5.74, 6) is -1.50. The molecule has 1 aromatic carbocycles. The molecule has 1 aromatic rings. The molecule has 0 bridgehead atoms. The molecule has 0 saturated carbocycles. The van der Waals surface area contributed by atoms with E-state index >= 15 is 0 Å². The fourth-order valence-corrected chi connectivity index (χ4v) is 1.11. The molecule has 7 nitrogen and oxygen atoms in total. The van der Waals surface area contributed by atoms with Gasteiger partial charge in [-0.1, -0.05) is 0 Å². The second kappa shape index (κ2) is 5.59. The largest absolute Gasteiger partial charge is 0.481 e. The van der Waals surface area contributed by atoms with E-state index in [9.17, 15) is 19.7 Å². The highest BCUT2D eigenvalue weighted by molar-refractivity contribution is 5.92. The monoisotopic (exact) mass is 238 g/mol. The molecular formula is C10H10N2O5. The van der Waals surface area contributed by atoms with Gasteiger partial charge in [0.1, 0.15) is 0 Å². The van der Waals surface area contributed by atoms with Crippen molar-refractivity contribution in [3.63, 3.8) is 0 Å². The van der Waals surface area contributed by atoms with Gasteiger partial charge in [0.05, 0.1) is 11.3 Å². The van der Waals surface area contributed by atoms with Crippen LogP contribution >= 0.6 is 0 Å². The van der Waals surface area contributed by atoms with Crippen LogP contribution in [0.15, 0.2) is 24.3 Å². The third kappa shape index (κ3) is 4.29. The van der Waals surface area contributed by atoms with Crippen molar-refractivity contribution in [3.05, 3.63) is 34.4 Å². The maximum absolute atomic E-state index is 11.2. The highest BCUT2D eigenvalue weighted by atomic mass is 16.6. The third-order valence-electron chi connectivity index (χ3n) is 1.93. The Morgan fingerprint density at radius 1 is 1.24 bits per heavy atom. The van der Waals surface area contributed by atoms with Crippen LogP contribution in [0.1, 0.15) is 12.8 Å². The van der Waals surface area contributed by atoms with E-state index in [1.54, 1.807) is 0 Å². The summed E-state index contributed by atoms with van der Waals surface area (Å²) < 4.78 is 0. The van der Waals surface area contributed by atoms with Crippen LogP contribution in [0.2, 0.25) is 0 Å². The highest BCUT2D eigenvalue weighted by Crippen LogP contribution is 2.15. The normalized spacial score (nSPS) is 9.65. The molecule has 0 aromatic heterocycles. The van der Waals surface area contributed by atoms with E-state index in [-0.39, 0.29) is 18.5 Å². The summed E-state index contributed by atoms with van der Waals surface area (Å²) in [4.78, 5) is 31.3. The molecule has 0 spiro atoms. The van der Waals surface area contributed by atoms with E-state index in [4.69, 9.17) is 5.11 Å². The first kappa shape index (κ1) is 12.6. The smallest absolute Gasteiger partial charge is 0.303 e. The Morgan fingerprint density at radius 3 is 2.29 bits per heavy atom. The van der Waals surface area contributed by atoms with Gasteiger partial charge < -0.3 is 10.4 Å². The summed E-state index contributed by atoms with van der Waals surface area (Å²) in [7, 11) is 0. The number of carboxylic acids is 1. The molecule has 17 heavy (non-hydrogen) atoms. The molecule has 1 rings (SSSR count). The molecule has 0 atom stereocenters. The van der Waals surface area contributed by atoms with Crippen molar-refractivity contribution >= 4 is 23.3 Å². The van der Waals surface area contributed by atoms with Gasteiger partial charge >= 0.3 is 5.97 Å². The quantitative estimate of drug-likeness (QED) is 0.595. The second-order valence-electron chi connectivity index (χ2n) is 3.25. The number of nitrogens with one attached hydrogen (secondary N) is 1. The van der Waals surface area contributed by atoms with Crippen LogP contribution in [-0.2, 0) is 9.59 Å². The Labute approximate surface area is 96.2 Å². The standard InChI is InChI=1S/C10H10N2O5/c13-9(5-6-10(14)15)11-7-1-3-8(4-2-7)12(16)17/h1-4H,5-6H2,(H,11,13)(H,14,15). The summed E-state index contributed by atoms with van der Waals surface area (Å²) >= 11 is 0. The van der Waals surface area contributed by atoms with Crippen molar-refractivity contribution < 1.29 is 19.6 Å². The first-order chi connectivity index (χ1) is 7.99. The number of hydrogen-bond donors (Lipinski definition) is 2. The zero-order chi connectivity index (χ0) is 12.8. The summed E-state index contributed by atoms with van der Waals surface area (Å²) in [6.07, 6.45) is -0.384. The topological polar surface area (TPSA) is 110 Å². The average molecular weight is 238 g/mol. The van der Waals surface area contributed by atoms with Crippen molar-refractivity contribution in [1.82, 2.24) is 0 Å². The van der Waals surface area contributed by atoms with Gasteiger partial charge in [-0.2, -0.15) is 0 Å². The van der Waals surface area contributed by atoms with Gasteiger partial charge in [-0.3, -0.25) is 19.7 Å². The zero-order valence-corrected chi connectivity index (χ0v) is 8.75. The number of rotatable bonds is 5. The highest BCUT2D eigenvalue weighted by Gasteiger charge is 2.07. The maximum atomic E-state index is 11.2. The van der Waals surface area contributed by atoms with Gasteiger partial charge in [-0.25, -0.2) is 0 Å². The molecule has 0 saturated heterocycles. The molecule has 0 aliphatic carbocycles. The number of nitrogens with zero attached hydrogens (tertiary/aromatic N) is 1. The number of carboxylic acid groups (broad SMARTS) is 1. The average Bonchev–Trinajstić information content (AvgIpc) is 2.27. The van der Waals surface area contributed by atoms with Crippen LogP contribution in [0.3, 0.4) is 0 Å². The number of anilines is 1. The SMILES string of the molecule is O=C(O)CCC(=O)Nc1ccc([N+](=O)[O-])cc1. The number of nitro benzene ring substituents is 1. The van der Waals surface area contributed by atoms with Gasteiger partial charge in [0.2, 0.25) is 5.91 Å². The number of amides is 1. The molecule has 90 valence electrons. The van der Waals surface area contributed by atoms with E-state index in [0.717, 1.165) is 0 Å². The Hall–Kier alpha value is -2.44. The number of nitro groups is 1. The van der Waals surface area contributed by atoms with Crippen LogP contribution in [0.25, 0.3) is 0 Å². The molecule has 1 amide bonds. The lowest BCUT2D eigenvalue weighted by Gasteiger charge is -2.03. The minimum atomic E-state index is -1.05. The van der Waals surface area contributed by atoms with Gasteiger partial charge in [0, 0.05) is 24.2 Å². The molecule has 0 aliphatic rings. The first-order valence-corrected chi connectivity index (χ1v) is 4.75. The van der Waals surface area contributed by atoms with E-state index < -0.39 is 16.8 Å². The maximum Gasteiger partial charge on any atom is 0.303 e. The fraction of sp³-hybridized carbons (Fsp3) is 0.200. The molecule has 0 aliphatic heterocycles. The lowest BCUT2D eigenvalue weighted by molar-refractivity contribution is -0.384. The van der Waals surface area contributed by atoms with Crippen molar-refractivity contribution in [2.75, 3.05) is 5.32 Å². The molecule has 2 N–H and O–H groups in total. The van der Waals surface area contributed by atoms with Gasteiger partial charge in [-0.15, -0.1) is 0 Å². The lowest BCUT2D eigenvalue weighted by Crippen LogP contribution is -2.13. The summed E-state index contributed by atoms with van der Waals surface area (Å²) in [6.45, 7) is 0. The van der Waals surface area contributed by atoms with Crippen LogP contribution in [0, 0.1) is 10.1 Å². The van der Waals surface area contributed by atoms with E-state index in [0.29, 0.717) is 5.69 Å². The van der Waals surface area contributed by atoms with Crippen LogP contribution in [0.5, 0.6) is 0 Å². The van der Waals surface area contributed by atoms with Gasteiger partial charge in [0.15, 0.2) is 0 Å². The molecular weight excluding hydrogens is 228 g/mol. The Bertz CT molecular complexity index is 441. The predicted molar refractivity (Wildman–Crippen MR) is 58.6 cm³/mol. The van der Waals surface area contributed by atoms with Crippen LogP contribution in [0.4, 0.5) is 11.4 Å². The summed E-state index contributed by atoms with van der Waals surface area (Å²) in [5, 5.41) is 21.2. The Kier molecular flexibility index (Phi) is 4.15. The van der Waals surface area contributed by atoms with Crippen LogP contribution < -0.4 is 5.32 Å². The van der Waals surface area contributed by atoms with E-state index in [1.165, 1.54) is 24.3 Å². The van der Waals surface area contributed by atoms with Crippen molar-refractivity contribution in [2.24, 2.45) is 0 Å². The number of non-ortho nitro benzene ring substituents is 1. The van der Waals surface area contributed by atoms with E-state index in [2.05, 4.69) is 5.32 Å². The summed E-state index contributed by atoms with van der Waals surface area (Å²) in [5.41, 5.74) is 0.319. The van der Waals surface area contributed by atoms with Crippen LogP contribution in [-0.4, -0.2) is 21.9 Å². The first-order valence-electron chi connectivity index (χ1n) is 4.75. The molecule has 0 unspecified atom stereocenters. The number of carbonyl (C=O) groups is 2. The number of benzene rings is 1. The Morgan fingerprint density at radius 2 is 1.82 bits per heavy atom. The van der Waals surface area contributed by atoms with Gasteiger partial charge in [-0.05, 0) is 12.1 Å². The number of aliphatic carboxylic acids is 1. The van der Waals surface area contributed by atoms with Gasteiger partial charge in [0.25, 0.3) is 5.69 Å². The minimum absolute atomic E-state index is 0.0754. The molecule has 0 fully saturated rings. The molecule has 0 heterocycles. The van der Waals surface area contributed by atoms with Crippen molar-refractivity contribution in [3.8, 4) is 0 Å². The molecule has 7 heteroatoms. The lowest BCUT2D eigenvalue weighted by atomic mass is 10.2. The minimum Gasteiger partial charge on any atom is -0.481 e. The fourth-order valence-electron chi connectivity index (χ4n) is 1.11. The third-order valence-corrected chi connectivity index (χ3v) is 1.93.